The molecule has 1 aromatic heterocycles. The third kappa shape index (κ3) is 4.15. The van der Waals surface area contributed by atoms with Crippen LogP contribution in [0.5, 0.6) is 0 Å². The highest BCUT2D eigenvalue weighted by atomic mass is 32.1. The van der Waals surface area contributed by atoms with Crippen molar-refractivity contribution in [1.82, 2.24) is 9.80 Å². The van der Waals surface area contributed by atoms with Crippen LogP contribution in [0.3, 0.4) is 0 Å². The molecule has 2 heterocycles. The smallest absolute Gasteiger partial charge is 0.263 e. The third-order valence-corrected chi connectivity index (χ3v) is 7.06. The van der Waals surface area contributed by atoms with E-state index in [9.17, 15) is 14.0 Å². The van der Waals surface area contributed by atoms with E-state index in [4.69, 9.17) is 0 Å². The zero-order chi connectivity index (χ0) is 20.5. The molecule has 2 aromatic rings. The van der Waals surface area contributed by atoms with E-state index in [1.165, 1.54) is 17.0 Å². The van der Waals surface area contributed by atoms with Crippen LogP contribution in [0.25, 0.3) is 0 Å². The highest BCUT2D eigenvalue weighted by Crippen LogP contribution is 2.34. The van der Waals surface area contributed by atoms with Gasteiger partial charge in [-0.15, -0.1) is 11.3 Å². The molecule has 29 heavy (non-hydrogen) atoms. The van der Waals surface area contributed by atoms with Crippen molar-refractivity contribution in [3.63, 3.8) is 0 Å². The van der Waals surface area contributed by atoms with Gasteiger partial charge >= 0.3 is 0 Å². The van der Waals surface area contributed by atoms with E-state index in [-0.39, 0.29) is 23.5 Å². The topological polar surface area (TPSA) is 43.9 Å². The Hall–Kier alpha value is -2.41. The number of anilines is 1. The first-order valence-electron chi connectivity index (χ1n) is 10.0. The average Bonchev–Trinajstić information content (AvgIpc) is 3.16. The van der Waals surface area contributed by atoms with Gasteiger partial charge in [0, 0.05) is 56.8 Å². The second-order valence-corrected chi connectivity index (χ2v) is 9.12. The van der Waals surface area contributed by atoms with Crippen molar-refractivity contribution in [3.05, 3.63) is 51.5 Å². The maximum absolute atomic E-state index is 13.1. The van der Waals surface area contributed by atoms with Crippen molar-refractivity contribution >= 4 is 28.8 Å². The normalized spacial score (nSPS) is 19.1. The summed E-state index contributed by atoms with van der Waals surface area (Å²) in [7, 11) is 3.53. The number of hydrogen-bond acceptors (Lipinski definition) is 4. The quantitative estimate of drug-likeness (QED) is 0.774. The number of carbonyl (C=O) groups is 2. The van der Waals surface area contributed by atoms with Crippen molar-refractivity contribution in [2.45, 2.75) is 19.3 Å². The molecule has 7 heteroatoms. The van der Waals surface area contributed by atoms with Gasteiger partial charge in [0.1, 0.15) is 5.82 Å². The number of hydrogen-bond donors (Lipinski definition) is 0. The van der Waals surface area contributed by atoms with Gasteiger partial charge in [0.15, 0.2) is 0 Å². The minimum Gasteiger partial charge on any atom is -0.368 e. The molecule has 0 unspecified atom stereocenters. The summed E-state index contributed by atoms with van der Waals surface area (Å²) in [6.45, 7) is 2.89. The first kappa shape index (κ1) is 19.9. The summed E-state index contributed by atoms with van der Waals surface area (Å²) in [4.78, 5) is 33.1. The Morgan fingerprint density at radius 2 is 1.79 bits per heavy atom. The van der Waals surface area contributed by atoms with Crippen molar-refractivity contribution < 1.29 is 14.0 Å². The number of fused-ring (bicyclic) bond motifs is 1. The first-order chi connectivity index (χ1) is 13.9. The Kier molecular flexibility index (Phi) is 5.58. The molecule has 1 aliphatic carbocycles. The maximum Gasteiger partial charge on any atom is 0.263 e. The number of amides is 2. The molecule has 1 saturated heterocycles. The van der Waals surface area contributed by atoms with Gasteiger partial charge < -0.3 is 14.7 Å². The first-order valence-corrected chi connectivity index (χ1v) is 10.9. The van der Waals surface area contributed by atoms with Gasteiger partial charge in [-0.1, -0.05) is 0 Å². The van der Waals surface area contributed by atoms with Crippen molar-refractivity contribution in [1.29, 1.82) is 0 Å². The molecule has 5 nitrogen and oxygen atoms in total. The largest absolute Gasteiger partial charge is 0.368 e. The molecule has 1 aromatic carbocycles. The zero-order valence-electron chi connectivity index (χ0n) is 16.9. The number of aryl methyl sites for hydroxylation is 1. The SMILES string of the molecule is CN(C)C(=O)c1cc2c(s1)CC[C@H](C(=O)N1CCN(c3ccc(F)cc3)CC1)C2. The molecule has 2 amide bonds. The van der Waals surface area contributed by atoms with Crippen LogP contribution in [0.15, 0.2) is 30.3 Å². The fraction of sp³-hybridized carbons (Fsp3) is 0.455. The lowest BCUT2D eigenvalue weighted by Crippen LogP contribution is -2.51. The second kappa shape index (κ2) is 8.14. The summed E-state index contributed by atoms with van der Waals surface area (Å²) in [5.41, 5.74) is 2.16. The molecule has 1 atom stereocenters. The molecule has 1 fully saturated rings. The summed E-state index contributed by atoms with van der Waals surface area (Å²) in [5.74, 6) is 0.0187. The Morgan fingerprint density at radius 3 is 2.45 bits per heavy atom. The van der Waals surface area contributed by atoms with Gasteiger partial charge in [-0.25, -0.2) is 4.39 Å². The summed E-state index contributed by atoms with van der Waals surface area (Å²) in [5, 5.41) is 0. The number of carbonyl (C=O) groups excluding carboxylic acids is 2. The predicted octanol–water partition coefficient (Wildman–Crippen LogP) is 3.04. The summed E-state index contributed by atoms with van der Waals surface area (Å²) >= 11 is 1.57. The zero-order valence-corrected chi connectivity index (χ0v) is 17.7. The van der Waals surface area contributed by atoms with Crippen LogP contribution in [0.2, 0.25) is 0 Å². The highest BCUT2D eigenvalue weighted by Gasteiger charge is 2.32. The van der Waals surface area contributed by atoms with Crippen LogP contribution < -0.4 is 4.90 Å². The monoisotopic (exact) mass is 415 g/mol. The van der Waals surface area contributed by atoms with Crippen molar-refractivity contribution in [2.75, 3.05) is 45.2 Å². The average molecular weight is 416 g/mol. The number of nitrogens with zero attached hydrogens (tertiary/aromatic N) is 3. The van der Waals surface area contributed by atoms with Gasteiger partial charge in [0.25, 0.3) is 5.91 Å². The van der Waals surface area contributed by atoms with E-state index in [1.54, 1.807) is 42.5 Å². The Balaban J connectivity index is 1.36. The molecule has 154 valence electrons. The number of piperazine rings is 1. The molecule has 0 radical (unpaired) electrons. The minimum atomic E-state index is -0.233. The maximum atomic E-state index is 13.1. The third-order valence-electron chi connectivity index (χ3n) is 5.83. The van der Waals surface area contributed by atoms with E-state index in [0.717, 1.165) is 48.5 Å². The second-order valence-electron chi connectivity index (χ2n) is 7.99. The van der Waals surface area contributed by atoms with Crippen LogP contribution in [-0.4, -0.2) is 61.9 Å². The molecule has 0 spiro atoms. The number of benzene rings is 1. The van der Waals surface area contributed by atoms with Crippen LogP contribution in [0.4, 0.5) is 10.1 Å². The molecule has 4 rings (SSSR count). The van der Waals surface area contributed by atoms with E-state index >= 15 is 0 Å². The van der Waals surface area contributed by atoms with Crippen LogP contribution in [0.1, 0.15) is 26.5 Å². The minimum absolute atomic E-state index is 0.00298. The Labute approximate surface area is 174 Å². The van der Waals surface area contributed by atoms with Crippen LogP contribution in [-0.2, 0) is 17.6 Å². The standard InChI is InChI=1S/C22H26FN3O2S/c1-24(2)22(28)20-14-16-13-15(3-8-19(16)29-20)21(27)26-11-9-25(10-12-26)18-6-4-17(23)5-7-18/h4-7,14-15H,3,8-13H2,1-2H3/t15-/m0/s1. The number of thiophene rings is 1. The number of halogens is 1. The van der Waals surface area contributed by atoms with Gasteiger partial charge in [0.2, 0.25) is 5.91 Å². The Bertz CT molecular complexity index is 901. The van der Waals surface area contributed by atoms with Crippen molar-refractivity contribution in [2.24, 2.45) is 5.92 Å². The van der Waals surface area contributed by atoms with Crippen molar-refractivity contribution in [3.8, 4) is 0 Å². The van der Waals surface area contributed by atoms with Crippen LogP contribution in [0, 0.1) is 11.7 Å². The molecule has 0 N–H and O–H groups in total. The molecule has 2 aliphatic rings. The lowest BCUT2D eigenvalue weighted by molar-refractivity contribution is -0.136. The van der Waals surface area contributed by atoms with E-state index in [2.05, 4.69) is 4.90 Å². The van der Waals surface area contributed by atoms with Gasteiger partial charge in [-0.2, -0.15) is 0 Å². The summed E-state index contributed by atoms with van der Waals surface area (Å²) < 4.78 is 13.1. The lowest BCUT2D eigenvalue weighted by atomic mass is 9.87. The van der Waals surface area contributed by atoms with Crippen LogP contribution >= 0.6 is 11.3 Å². The molecule has 0 saturated carbocycles. The Morgan fingerprint density at radius 1 is 1.10 bits per heavy atom. The lowest BCUT2D eigenvalue weighted by Gasteiger charge is -2.38. The fourth-order valence-electron chi connectivity index (χ4n) is 4.16. The van der Waals surface area contributed by atoms with Gasteiger partial charge in [0.05, 0.1) is 4.88 Å². The highest BCUT2D eigenvalue weighted by molar-refractivity contribution is 7.14. The van der Waals surface area contributed by atoms with E-state index in [0.29, 0.717) is 13.1 Å². The number of rotatable bonds is 3. The molecule has 0 bridgehead atoms. The molecular formula is C22H26FN3O2S. The predicted molar refractivity (Wildman–Crippen MR) is 113 cm³/mol. The van der Waals surface area contributed by atoms with Gasteiger partial charge in [-0.05, 0) is 55.2 Å². The van der Waals surface area contributed by atoms with Gasteiger partial charge in [-0.3, -0.25) is 9.59 Å². The van der Waals surface area contributed by atoms with E-state index in [1.807, 2.05) is 11.0 Å². The summed E-state index contributed by atoms with van der Waals surface area (Å²) in [6.07, 6.45) is 2.44. The molecule has 1 aliphatic heterocycles. The van der Waals surface area contributed by atoms with E-state index < -0.39 is 0 Å². The summed E-state index contributed by atoms with van der Waals surface area (Å²) in [6, 6.07) is 8.51. The fourth-order valence-corrected chi connectivity index (χ4v) is 5.39. The molecular weight excluding hydrogens is 389 g/mol.